The zero-order chi connectivity index (χ0) is 14.2. The van der Waals surface area contributed by atoms with Crippen LogP contribution >= 0.6 is 0 Å². The highest BCUT2D eigenvalue weighted by Gasteiger charge is 2.46. The molecular weight excluding hydrogens is 244 g/mol. The van der Waals surface area contributed by atoms with Crippen LogP contribution in [-0.2, 0) is 4.79 Å². The standard InChI is InChI=1S/C14H24N2O3/c1-4-14(12(17)18)5-6-15(9-14)13(19)16-8-10(2)7-11(16)3/h10-11H,4-9H2,1-3H3,(H,17,18). The van der Waals surface area contributed by atoms with Crippen molar-refractivity contribution in [3.05, 3.63) is 0 Å². The van der Waals surface area contributed by atoms with Crippen molar-refractivity contribution < 1.29 is 14.7 Å². The highest BCUT2D eigenvalue weighted by molar-refractivity contribution is 5.80. The summed E-state index contributed by atoms with van der Waals surface area (Å²) in [6, 6.07) is 0.289. The van der Waals surface area contributed by atoms with Gasteiger partial charge in [-0.05, 0) is 32.1 Å². The number of likely N-dealkylation sites (tertiary alicyclic amines) is 2. The first-order chi connectivity index (χ1) is 8.89. The summed E-state index contributed by atoms with van der Waals surface area (Å²) >= 11 is 0. The lowest BCUT2D eigenvalue weighted by molar-refractivity contribution is -0.148. The Bertz CT molecular complexity index is 385. The van der Waals surface area contributed by atoms with E-state index in [0.717, 1.165) is 13.0 Å². The number of carbonyl (C=O) groups excluding carboxylic acids is 1. The Morgan fingerprint density at radius 1 is 1.37 bits per heavy atom. The third kappa shape index (κ3) is 2.42. The molecule has 0 bridgehead atoms. The van der Waals surface area contributed by atoms with Gasteiger partial charge in [0, 0.05) is 25.7 Å². The van der Waals surface area contributed by atoms with Gasteiger partial charge in [-0.3, -0.25) is 4.79 Å². The summed E-state index contributed by atoms with van der Waals surface area (Å²) in [5.41, 5.74) is -0.732. The molecule has 2 saturated heterocycles. The van der Waals surface area contributed by atoms with Crippen LogP contribution in [0.2, 0.25) is 0 Å². The van der Waals surface area contributed by atoms with Gasteiger partial charge in [-0.15, -0.1) is 0 Å². The largest absolute Gasteiger partial charge is 0.481 e. The average molecular weight is 268 g/mol. The molecule has 19 heavy (non-hydrogen) atoms. The maximum absolute atomic E-state index is 12.5. The van der Waals surface area contributed by atoms with Gasteiger partial charge in [0.1, 0.15) is 0 Å². The van der Waals surface area contributed by atoms with Crippen LogP contribution in [0.15, 0.2) is 0 Å². The molecule has 5 heteroatoms. The number of carboxylic acid groups (broad SMARTS) is 1. The highest BCUT2D eigenvalue weighted by atomic mass is 16.4. The lowest BCUT2D eigenvalue weighted by Gasteiger charge is -2.29. The molecule has 3 unspecified atom stereocenters. The molecule has 0 saturated carbocycles. The van der Waals surface area contributed by atoms with Gasteiger partial charge in [-0.25, -0.2) is 4.79 Å². The molecule has 2 aliphatic heterocycles. The summed E-state index contributed by atoms with van der Waals surface area (Å²) in [7, 11) is 0. The second-order valence-corrected chi connectivity index (χ2v) is 6.24. The van der Waals surface area contributed by atoms with Crippen molar-refractivity contribution in [3.8, 4) is 0 Å². The van der Waals surface area contributed by atoms with Crippen LogP contribution in [0.5, 0.6) is 0 Å². The lowest BCUT2D eigenvalue weighted by Crippen LogP contribution is -2.45. The Labute approximate surface area is 114 Å². The molecule has 0 spiro atoms. The smallest absolute Gasteiger partial charge is 0.320 e. The Morgan fingerprint density at radius 2 is 2.05 bits per heavy atom. The highest BCUT2D eigenvalue weighted by Crippen LogP contribution is 2.35. The molecule has 1 N–H and O–H groups in total. The Morgan fingerprint density at radius 3 is 2.47 bits per heavy atom. The zero-order valence-electron chi connectivity index (χ0n) is 12.1. The molecule has 0 aromatic carbocycles. The molecule has 3 atom stereocenters. The van der Waals surface area contributed by atoms with Crippen LogP contribution in [0.3, 0.4) is 0 Å². The molecule has 5 nitrogen and oxygen atoms in total. The molecule has 2 aliphatic rings. The molecule has 108 valence electrons. The number of carboxylic acids is 1. The number of nitrogens with zero attached hydrogens (tertiary/aromatic N) is 2. The van der Waals surface area contributed by atoms with Crippen molar-refractivity contribution >= 4 is 12.0 Å². The molecule has 0 aromatic rings. The van der Waals surface area contributed by atoms with Gasteiger partial charge in [-0.2, -0.15) is 0 Å². The van der Waals surface area contributed by atoms with Crippen molar-refractivity contribution in [3.63, 3.8) is 0 Å². The van der Waals surface area contributed by atoms with Crippen molar-refractivity contribution in [2.75, 3.05) is 19.6 Å². The van der Waals surface area contributed by atoms with E-state index in [-0.39, 0.29) is 12.1 Å². The summed E-state index contributed by atoms with van der Waals surface area (Å²) in [4.78, 5) is 27.5. The monoisotopic (exact) mass is 268 g/mol. The van der Waals surface area contributed by atoms with E-state index in [9.17, 15) is 14.7 Å². The van der Waals surface area contributed by atoms with Gasteiger partial charge >= 0.3 is 12.0 Å². The fraction of sp³-hybridized carbons (Fsp3) is 0.857. The molecule has 2 fully saturated rings. The van der Waals surface area contributed by atoms with Crippen molar-refractivity contribution in [1.29, 1.82) is 0 Å². The van der Waals surface area contributed by atoms with Gasteiger partial charge in [0.25, 0.3) is 0 Å². The number of hydrogen-bond acceptors (Lipinski definition) is 2. The van der Waals surface area contributed by atoms with Crippen LogP contribution in [-0.4, -0.2) is 52.6 Å². The third-order valence-electron chi connectivity index (χ3n) is 4.78. The first-order valence-electron chi connectivity index (χ1n) is 7.18. The summed E-state index contributed by atoms with van der Waals surface area (Å²) in [5, 5.41) is 9.37. The fourth-order valence-electron chi connectivity index (χ4n) is 3.40. The number of hydrogen-bond donors (Lipinski definition) is 1. The summed E-state index contributed by atoms with van der Waals surface area (Å²) in [6.45, 7) is 7.83. The van der Waals surface area contributed by atoms with Gasteiger partial charge in [-0.1, -0.05) is 13.8 Å². The van der Waals surface area contributed by atoms with Crippen molar-refractivity contribution in [1.82, 2.24) is 9.80 Å². The quantitative estimate of drug-likeness (QED) is 0.833. The first-order valence-corrected chi connectivity index (χ1v) is 7.18. The summed E-state index contributed by atoms with van der Waals surface area (Å²) in [6.07, 6.45) is 2.19. The van der Waals surface area contributed by atoms with Crippen LogP contribution in [0.1, 0.15) is 40.0 Å². The second kappa shape index (κ2) is 5.02. The third-order valence-corrected chi connectivity index (χ3v) is 4.78. The van der Waals surface area contributed by atoms with E-state index < -0.39 is 11.4 Å². The van der Waals surface area contributed by atoms with Crippen LogP contribution in [0.25, 0.3) is 0 Å². The molecule has 0 aliphatic carbocycles. The fourth-order valence-corrected chi connectivity index (χ4v) is 3.40. The van der Waals surface area contributed by atoms with E-state index >= 15 is 0 Å². The minimum absolute atomic E-state index is 0.0217. The van der Waals surface area contributed by atoms with E-state index in [4.69, 9.17) is 0 Å². The summed E-state index contributed by atoms with van der Waals surface area (Å²) < 4.78 is 0. The normalized spacial score (nSPS) is 34.9. The molecule has 2 heterocycles. The Kier molecular flexibility index (Phi) is 3.74. The van der Waals surface area contributed by atoms with Gasteiger partial charge in [0.15, 0.2) is 0 Å². The number of amides is 2. The zero-order valence-corrected chi connectivity index (χ0v) is 12.1. The van der Waals surface area contributed by atoms with Crippen molar-refractivity contribution in [2.24, 2.45) is 11.3 Å². The SMILES string of the molecule is CCC1(C(=O)O)CCN(C(=O)N2CC(C)CC2C)C1. The number of carbonyl (C=O) groups is 2. The predicted molar refractivity (Wildman–Crippen MR) is 71.9 cm³/mol. The van der Waals surface area contributed by atoms with E-state index in [1.807, 2.05) is 11.8 Å². The van der Waals surface area contributed by atoms with Crippen LogP contribution in [0, 0.1) is 11.3 Å². The number of rotatable bonds is 2. The van der Waals surface area contributed by atoms with E-state index in [0.29, 0.717) is 31.8 Å². The Balaban J connectivity index is 2.05. The minimum atomic E-state index is -0.770. The van der Waals surface area contributed by atoms with E-state index in [1.165, 1.54) is 0 Å². The molecular formula is C14H24N2O3. The molecule has 0 aromatic heterocycles. The van der Waals surface area contributed by atoms with Gasteiger partial charge in [0.2, 0.25) is 0 Å². The minimum Gasteiger partial charge on any atom is -0.481 e. The number of urea groups is 1. The summed E-state index contributed by atoms with van der Waals surface area (Å²) in [5.74, 6) is -0.231. The molecule has 2 rings (SSSR count). The maximum Gasteiger partial charge on any atom is 0.320 e. The van der Waals surface area contributed by atoms with E-state index in [2.05, 4.69) is 13.8 Å². The Hall–Kier alpha value is -1.26. The second-order valence-electron chi connectivity index (χ2n) is 6.24. The number of aliphatic carboxylic acids is 1. The van der Waals surface area contributed by atoms with E-state index in [1.54, 1.807) is 4.90 Å². The average Bonchev–Trinajstić information content (AvgIpc) is 2.93. The van der Waals surface area contributed by atoms with Crippen molar-refractivity contribution in [2.45, 2.75) is 46.1 Å². The van der Waals surface area contributed by atoms with Crippen LogP contribution in [0.4, 0.5) is 4.79 Å². The topological polar surface area (TPSA) is 60.9 Å². The molecule has 0 radical (unpaired) electrons. The lowest BCUT2D eigenvalue weighted by atomic mass is 9.84. The molecule has 2 amide bonds. The predicted octanol–water partition coefficient (Wildman–Crippen LogP) is 2.02. The maximum atomic E-state index is 12.5. The van der Waals surface area contributed by atoms with Crippen LogP contribution < -0.4 is 0 Å². The van der Waals surface area contributed by atoms with Gasteiger partial charge in [0.05, 0.1) is 5.41 Å². The first kappa shape index (κ1) is 14.2. The van der Waals surface area contributed by atoms with Gasteiger partial charge < -0.3 is 14.9 Å².